The van der Waals surface area contributed by atoms with Crippen LogP contribution in [0.1, 0.15) is 16.7 Å². The van der Waals surface area contributed by atoms with Crippen LogP contribution in [0.4, 0.5) is 5.69 Å². The average Bonchev–Trinajstić information content (AvgIpc) is 2.60. The van der Waals surface area contributed by atoms with Gasteiger partial charge in [-0.1, -0.05) is 36.9 Å². The zero-order chi connectivity index (χ0) is 17.4. The average molecular weight is 323 g/mol. The minimum atomic E-state index is 0.446. The molecule has 0 unspecified atom stereocenters. The Kier molecular flexibility index (Phi) is 6.50. The molecule has 126 valence electrons. The summed E-state index contributed by atoms with van der Waals surface area (Å²) in [7, 11) is 1.66. The second-order valence-corrected chi connectivity index (χ2v) is 5.55. The van der Waals surface area contributed by atoms with Crippen molar-refractivity contribution in [3.63, 3.8) is 0 Å². The number of para-hydroxylation sites is 1. The second kappa shape index (κ2) is 8.82. The first-order valence-corrected chi connectivity index (χ1v) is 8.03. The summed E-state index contributed by atoms with van der Waals surface area (Å²) in [4.78, 5) is 0. The van der Waals surface area contributed by atoms with Gasteiger partial charge in [-0.3, -0.25) is 0 Å². The molecule has 0 amide bonds. The maximum atomic E-state index is 5.79. The van der Waals surface area contributed by atoms with E-state index in [4.69, 9.17) is 9.47 Å². The van der Waals surface area contributed by atoms with Crippen molar-refractivity contribution in [2.45, 2.75) is 19.9 Å². The first kappa shape index (κ1) is 17.7. The molecule has 2 aromatic carbocycles. The third-order valence-corrected chi connectivity index (χ3v) is 3.75. The number of ether oxygens (including phenoxy) is 2. The summed E-state index contributed by atoms with van der Waals surface area (Å²) in [5.41, 5.74) is 4.56. The van der Waals surface area contributed by atoms with Gasteiger partial charge in [0.1, 0.15) is 6.61 Å². The summed E-state index contributed by atoms with van der Waals surface area (Å²) >= 11 is 0. The third-order valence-electron chi connectivity index (χ3n) is 3.75. The Labute approximate surface area is 144 Å². The van der Waals surface area contributed by atoms with Crippen molar-refractivity contribution in [1.82, 2.24) is 0 Å². The van der Waals surface area contributed by atoms with Gasteiger partial charge in [0, 0.05) is 17.8 Å². The van der Waals surface area contributed by atoms with Gasteiger partial charge in [0.05, 0.1) is 7.11 Å². The minimum Gasteiger partial charge on any atom is -0.493 e. The van der Waals surface area contributed by atoms with E-state index >= 15 is 0 Å². The van der Waals surface area contributed by atoms with Gasteiger partial charge in [-0.25, -0.2) is 0 Å². The molecule has 24 heavy (non-hydrogen) atoms. The van der Waals surface area contributed by atoms with Gasteiger partial charge < -0.3 is 14.8 Å². The second-order valence-electron chi connectivity index (χ2n) is 5.55. The lowest BCUT2D eigenvalue weighted by Crippen LogP contribution is -2.05. The number of benzene rings is 2. The van der Waals surface area contributed by atoms with Crippen LogP contribution in [0.5, 0.6) is 11.5 Å². The predicted molar refractivity (Wildman–Crippen MR) is 101 cm³/mol. The van der Waals surface area contributed by atoms with Crippen LogP contribution in [0.25, 0.3) is 0 Å². The van der Waals surface area contributed by atoms with Gasteiger partial charge in [-0.05, 0) is 42.7 Å². The molecule has 2 rings (SSSR count). The van der Waals surface area contributed by atoms with Crippen LogP contribution in [-0.4, -0.2) is 13.7 Å². The molecule has 0 saturated heterocycles. The molecule has 0 fully saturated rings. The Balaban J connectivity index is 2.26. The summed E-state index contributed by atoms with van der Waals surface area (Å²) in [5.74, 6) is 1.50. The summed E-state index contributed by atoms with van der Waals surface area (Å²) in [6, 6.07) is 12.4. The monoisotopic (exact) mass is 323 g/mol. The largest absolute Gasteiger partial charge is 0.493 e. The van der Waals surface area contributed by atoms with Crippen LogP contribution in [0.3, 0.4) is 0 Å². The van der Waals surface area contributed by atoms with E-state index < -0.39 is 0 Å². The molecule has 0 aliphatic rings. The van der Waals surface area contributed by atoms with E-state index in [0.29, 0.717) is 13.2 Å². The molecule has 2 aromatic rings. The maximum Gasteiger partial charge on any atom is 0.165 e. The van der Waals surface area contributed by atoms with Crippen molar-refractivity contribution >= 4 is 5.69 Å². The summed E-state index contributed by atoms with van der Waals surface area (Å²) in [5, 5.41) is 3.47. The van der Waals surface area contributed by atoms with Crippen LogP contribution in [0, 0.1) is 6.92 Å². The highest BCUT2D eigenvalue weighted by Gasteiger charge is 2.12. The number of allylic oxidation sites excluding steroid dienone is 1. The molecule has 1 N–H and O–H groups in total. The van der Waals surface area contributed by atoms with Crippen molar-refractivity contribution in [2.75, 3.05) is 19.0 Å². The summed E-state index contributed by atoms with van der Waals surface area (Å²) in [6.07, 6.45) is 4.32. The van der Waals surface area contributed by atoms with E-state index in [1.807, 2.05) is 24.3 Å². The first-order chi connectivity index (χ1) is 11.7. The van der Waals surface area contributed by atoms with Gasteiger partial charge in [0.2, 0.25) is 0 Å². The van der Waals surface area contributed by atoms with Crippen LogP contribution in [-0.2, 0) is 13.0 Å². The Morgan fingerprint density at radius 2 is 1.92 bits per heavy atom. The van der Waals surface area contributed by atoms with Crippen LogP contribution in [0.15, 0.2) is 61.7 Å². The molecular formula is C21H25NO2. The summed E-state index contributed by atoms with van der Waals surface area (Å²) in [6.45, 7) is 10.8. The van der Waals surface area contributed by atoms with E-state index in [0.717, 1.165) is 34.7 Å². The van der Waals surface area contributed by atoms with E-state index in [9.17, 15) is 0 Å². The highest BCUT2D eigenvalue weighted by Crippen LogP contribution is 2.34. The van der Waals surface area contributed by atoms with Crippen molar-refractivity contribution in [3.8, 4) is 11.5 Å². The number of anilines is 1. The van der Waals surface area contributed by atoms with Gasteiger partial charge in [-0.15, -0.1) is 6.58 Å². The Morgan fingerprint density at radius 3 is 2.58 bits per heavy atom. The normalized spacial score (nSPS) is 10.1. The van der Waals surface area contributed by atoms with Gasteiger partial charge in [0.25, 0.3) is 0 Å². The number of hydrogen-bond acceptors (Lipinski definition) is 3. The molecule has 0 bridgehead atoms. The standard InChI is InChI=1S/C21H25NO2/c1-5-9-18-13-17(14-20(23-4)21(18)24-12-6-2)15-22-19-11-8-7-10-16(19)3/h5-8,10-11,13-14,22H,1-2,9,12,15H2,3-4H3. The highest BCUT2D eigenvalue weighted by atomic mass is 16.5. The SMILES string of the molecule is C=CCOc1c(CC=C)cc(CNc2ccccc2C)cc1OC. The first-order valence-electron chi connectivity index (χ1n) is 8.03. The molecule has 0 heterocycles. The Hall–Kier alpha value is -2.68. The molecule has 0 aliphatic heterocycles. The van der Waals surface area contributed by atoms with Crippen molar-refractivity contribution in [1.29, 1.82) is 0 Å². The van der Waals surface area contributed by atoms with Crippen molar-refractivity contribution in [3.05, 3.63) is 78.4 Å². The lowest BCUT2D eigenvalue weighted by molar-refractivity contribution is 0.323. The van der Waals surface area contributed by atoms with Gasteiger partial charge in [-0.2, -0.15) is 0 Å². The van der Waals surface area contributed by atoms with Crippen molar-refractivity contribution in [2.24, 2.45) is 0 Å². The van der Waals surface area contributed by atoms with E-state index in [2.05, 4.69) is 43.6 Å². The number of rotatable bonds is 9. The van der Waals surface area contributed by atoms with Crippen LogP contribution in [0.2, 0.25) is 0 Å². The molecule has 0 saturated carbocycles. The lowest BCUT2D eigenvalue weighted by Gasteiger charge is -2.17. The lowest BCUT2D eigenvalue weighted by atomic mass is 10.0. The molecule has 0 aliphatic carbocycles. The van der Waals surface area contributed by atoms with Crippen LogP contribution >= 0.6 is 0 Å². The number of aryl methyl sites for hydroxylation is 1. The summed E-state index contributed by atoms with van der Waals surface area (Å²) < 4.78 is 11.3. The van der Waals surface area contributed by atoms with E-state index in [1.54, 1.807) is 13.2 Å². The molecule has 3 nitrogen and oxygen atoms in total. The zero-order valence-corrected chi connectivity index (χ0v) is 14.5. The fourth-order valence-corrected chi connectivity index (χ4v) is 2.56. The maximum absolute atomic E-state index is 5.79. The minimum absolute atomic E-state index is 0.446. The van der Waals surface area contributed by atoms with Crippen LogP contribution < -0.4 is 14.8 Å². The molecular weight excluding hydrogens is 298 g/mol. The Morgan fingerprint density at radius 1 is 1.12 bits per heavy atom. The van der Waals surface area contributed by atoms with E-state index in [1.165, 1.54) is 5.56 Å². The topological polar surface area (TPSA) is 30.5 Å². The molecule has 0 atom stereocenters. The zero-order valence-electron chi connectivity index (χ0n) is 14.5. The fourth-order valence-electron chi connectivity index (χ4n) is 2.56. The van der Waals surface area contributed by atoms with Gasteiger partial charge >= 0.3 is 0 Å². The quantitative estimate of drug-likeness (QED) is 0.665. The predicted octanol–water partition coefficient (Wildman–Crippen LogP) is 4.91. The molecule has 0 aromatic heterocycles. The van der Waals surface area contributed by atoms with Gasteiger partial charge in [0.15, 0.2) is 11.5 Å². The number of methoxy groups -OCH3 is 1. The molecule has 3 heteroatoms. The fraction of sp³-hybridized carbons (Fsp3) is 0.238. The smallest absolute Gasteiger partial charge is 0.165 e. The van der Waals surface area contributed by atoms with E-state index in [-0.39, 0.29) is 0 Å². The third kappa shape index (κ3) is 4.42. The van der Waals surface area contributed by atoms with Crippen molar-refractivity contribution < 1.29 is 9.47 Å². The molecule has 0 spiro atoms. The molecule has 0 radical (unpaired) electrons. The number of hydrogen-bond donors (Lipinski definition) is 1. The Bertz CT molecular complexity index is 707. The number of nitrogens with one attached hydrogen (secondary N) is 1. The highest BCUT2D eigenvalue weighted by molar-refractivity contribution is 5.53.